The summed E-state index contributed by atoms with van der Waals surface area (Å²) in [6.45, 7) is 3.23. The Morgan fingerprint density at radius 1 is 0.923 bits per heavy atom. The van der Waals surface area contributed by atoms with Crippen LogP contribution >= 0.6 is 0 Å². The van der Waals surface area contributed by atoms with E-state index in [4.69, 9.17) is 0 Å². The van der Waals surface area contributed by atoms with Crippen LogP contribution in [0.15, 0.2) is 72.8 Å². The fourth-order valence-electron chi connectivity index (χ4n) is 4.62. The minimum Gasteiger partial charge on any atom is -0.378 e. The monoisotopic (exact) mass is 530 g/mol. The lowest BCUT2D eigenvalue weighted by Gasteiger charge is -2.34. The molecular formula is C30H31FN4O4. The molecule has 0 bridgehead atoms. The Morgan fingerprint density at radius 3 is 2.18 bits per heavy atom. The summed E-state index contributed by atoms with van der Waals surface area (Å²) in [5, 5.41) is 2.90. The first-order valence-electron chi connectivity index (χ1n) is 12.6. The van der Waals surface area contributed by atoms with Crippen molar-refractivity contribution in [2.75, 3.05) is 35.8 Å². The Labute approximate surface area is 227 Å². The van der Waals surface area contributed by atoms with Gasteiger partial charge in [-0.3, -0.25) is 24.1 Å². The summed E-state index contributed by atoms with van der Waals surface area (Å²) >= 11 is 0. The molecule has 3 aromatic carbocycles. The van der Waals surface area contributed by atoms with E-state index < -0.39 is 41.9 Å². The van der Waals surface area contributed by atoms with Gasteiger partial charge in [0.25, 0.3) is 11.7 Å². The fraction of sp³-hybridized carbons (Fsp3) is 0.267. The summed E-state index contributed by atoms with van der Waals surface area (Å²) < 4.78 is 13.6. The van der Waals surface area contributed by atoms with Crippen molar-refractivity contribution in [2.24, 2.45) is 5.92 Å². The van der Waals surface area contributed by atoms with Gasteiger partial charge in [0.2, 0.25) is 11.8 Å². The molecule has 4 rings (SSSR count). The van der Waals surface area contributed by atoms with Crippen molar-refractivity contribution < 1.29 is 23.6 Å². The number of rotatable bonds is 9. The van der Waals surface area contributed by atoms with Gasteiger partial charge in [0.05, 0.1) is 11.3 Å². The van der Waals surface area contributed by atoms with E-state index in [9.17, 15) is 23.6 Å². The Hall–Kier alpha value is -4.53. The van der Waals surface area contributed by atoms with Crippen molar-refractivity contribution >= 4 is 40.6 Å². The number of hydrogen-bond donors (Lipinski definition) is 1. The smallest absolute Gasteiger partial charge is 0.299 e. The van der Waals surface area contributed by atoms with Crippen LogP contribution in [0.1, 0.15) is 29.8 Å². The average molecular weight is 531 g/mol. The normalized spacial score (nSPS) is 13.3. The van der Waals surface area contributed by atoms with Crippen molar-refractivity contribution in [1.29, 1.82) is 0 Å². The maximum absolute atomic E-state index is 13.8. The van der Waals surface area contributed by atoms with E-state index in [1.807, 2.05) is 45.0 Å². The van der Waals surface area contributed by atoms with E-state index in [2.05, 4.69) is 5.32 Å². The third kappa shape index (κ3) is 5.98. The second kappa shape index (κ2) is 11.5. The number of Topliss-reactive ketones (excluding diaryl/α,β-unsaturated/α-hetero) is 1. The van der Waals surface area contributed by atoms with Gasteiger partial charge in [-0.1, -0.05) is 38.1 Å². The number of carbonyl (C=O) groups excluding carboxylic acids is 4. The maximum Gasteiger partial charge on any atom is 0.299 e. The van der Waals surface area contributed by atoms with Gasteiger partial charge in [0, 0.05) is 32.0 Å². The predicted molar refractivity (Wildman–Crippen MR) is 148 cm³/mol. The molecule has 3 amide bonds. The van der Waals surface area contributed by atoms with Crippen LogP contribution in [0.5, 0.6) is 0 Å². The number of benzene rings is 3. The van der Waals surface area contributed by atoms with Gasteiger partial charge in [-0.25, -0.2) is 4.39 Å². The highest BCUT2D eigenvalue weighted by atomic mass is 19.1. The van der Waals surface area contributed by atoms with Crippen LogP contribution in [0.2, 0.25) is 0 Å². The molecule has 0 unspecified atom stereocenters. The molecule has 202 valence electrons. The van der Waals surface area contributed by atoms with Gasteiger partial charge in [-0.2, -0.15) is 0 Å². The molecular weight excluding hydrogens is 499 g/mol. The molecule has 1 aliphatic heterocycles. The summed E-state index contributed by atoms with van der Waals surface area (Å²) in [4.78, 5) is 57.1. The van der Waals surface area contributed by atoms with E-state index in [0.717, 1.165) is 10.6 Å². The molecule has 1 N–H and O–H groups in total. The van der Waals surface area contributed by atoms with Crippen LogP contribution in [0.4, 0.5) is 21.5 Å². The third-order valence-electron chi connectivity index (χ3n) is 6.65. The van der Waals surface area contributed by atoms with Gasteiger partial charge in [-0.15, -0.1) is 0 Å². The van der Waals surface area contributed by atoms with Crippen LogP contribution in [0, 0.1) is 11.7 Å². The molecule has 0 fully saturated rings. The maximum atomic E-state index is 13.8. The number of nitrogens with one attached hydrogen (secondary N) is 1. The van der Waals surface area contributed by atoms with Crippen LogP contribution in [-0.2, 0) is 20.9 Å². The largest absolute Gasteiger partial charge is 0.378 e. The molecule has 0 saturated heterocycles. The molecule has 1 heterocycles. The lowest BCUT2D eigenvalue weighted by atomic mass is 10.00. The number of ketones is 1. The van der Waals surface area contributed by atoms with Crippen molar-refractivity contribution in [1.82, 2.24) is 4.90 Å². The zero-order chi connectivity index (χ0) is 28.3. The fourth-order valence-corrected chi connectivity index (χ4v) is 4.62. The molecule has 0 aliphatic carbocycles. The highest BCUT2D eigenvalue weighted by molar-refractivity contribution is 6.52. The Balaban J connectivity index is 1.64. The number of carbonyl (C=O) groups is 4. The molecule has 8 nitrogen and oxygen atoms in total. The van der Waals surface area contributed by atoms with Gasteiger partial charge in [0.15, 0.2) is 0 Å². The Kier molecular flexibility index (Phi) is 8.09. The highest BCUT2D eigenvalue weighted by Gasteiger charge is 2.39. The molecule has 39 heavy (non-hydrogen) atoms. The second-order valence-electron chi connectivity index (χ2n) is 10.0. The van der Waals surface area contributed by atoms with E-state index in [-0.39, 0.29) is 18.0 Å². The number of halogens is 1. The molecule has 3 aromatic rings. The number of amides is 3. The minimum absolute atomic E-state index is 0.00652. The number of anilines is 3. The highest BCUT2D eigenvalue weighted by Crippen LogP contribution is 2.29. The van der Waals surface area contributed by atoms with Gasteiger partial charge >= 0.3 is 0 Å². The first-order chi connectivity index (χ1) is 18.6. The molecule has 0 saturated carbocycles. The van der Waals surface area contributed by atoms with Crippen molar-refractivity contribution in [3.63, 3.8) is 0 Å². The zero-order valence-electron chi connectivity index (χ0n) is 22.3. The summed E-state index contributed by atoms with van der Waals surface area (Å²) in [5.41, 5.74) is 2.74. The number of hydrogen-bond acceptors (Lipinski definition) is 5. The molecule has 0 aromatic heterocycles. The van der Waals surface area contributed by atoms with E-state index in [1.165, 1.54) is 17.0 Å². The predicted octanol–water partition coefficient (Wildman–Crippen LogP) is 4.11. The lowest BCUT2D eigenvalue weighted by molar-refractivity contribution is -0.140. The lowest BCUT2D eigenvalue weighted by Crippen LogP contribution is -2.53. The number of nitrogens with zero attached hydrogens (tertiary/aromatic N) is 3. The van der Waals surface area contributed by atoms with Gasteiger partial charge < -0.3 is 15.1 Å². The third-order valence-corrected chi connectivity index (χ3v) is 6.65. The molecule has 0 radical (unpaired) electrons. The van der Waals surface area contributed by atoms with E-state index in [0.29, 0.717) is 16.9 Å². The topological polar surface area (TPSA) is 90.0 Å². The van der Waals surface area contributed by atoms with Crippen molar-refractivity contribution in [3.8, 4) is 0 Å². The van der Waals surface area contributed by atoms with Crippen molar-refractivity contribution in [3.05, 3.63) is 89.7 Å². The SMILES string of the molecule is CC(C)[C@@H](C(=O)Nc1ccc(N(C)C)cc1)N(Cc1ccc(F)cc1)C(=O)CN1C(=O)C(=O)c2ccccc21. The quantitative estimate of drug-likeness (QED) is 0.421. The molecule has 1 aliphatic rings. The Bertz CT molecular complexity index is 1390. The minimum atomic E-state index is -0.917. The first-order valence-corrected chi connectivity index (χ1v) is 12.6. The van der Waals surface area contributed by atoms with Gasteiger partial charge in [-0.05, 0) is 60.0 Å². The molecule has 9 heteroatoms. The van der Waals surface area contributed by atoms with E-state index in [1.54, 1.807) is 48.5 Å². The molecule has 1 atom stereocenters. The summed E-state index contributed by atoms with van der Waals surface area (Å²) in [5.74, 6) is -3.12. The average Bonchev–Trinajstić information content (AvgIpc) is 3.14. The molecule has 0 spiro atoms. The van der Waals surface area contributed by atoms with Crippen LogP contribution in [0.3, 0.4) is 0 Å². The van der Waals surface area contributed by atoms with Crippen LogP contribution in [-0.4, -0.2) is 55.1 Å². The van der Waals surface area contributed by atoms with Gasteiger partial charge in [0.1, 0.15) is 18.4 Å². The zero-order valence-corrected chi connectivity index (χ0v) is 22.3. The first kappa shape index (κ1) is 27.5. The van der Waals surface area contributed by atoms with E-state index >= 15 is 0 Å². The van der Waals surface area contributed by atoms with Crippen molar-refractivity contribution in [2.45, 2.75) is 26.4 Å². The summed E-state index contributed by atoms with van der Waals surface area (Å²) in [6.07, 6.45) is 0. The number of para-hydroxylation sites is 1. The second-order valence-corrected chi connectivity index (χ2v) is 10.0. The van der Waals surface area contributed by atoms with Crippen LogP contribution in [0.25, 0.3) is 0 Å². The van der Waals surface area contributed by atoms with Crippen LogP contribution < -0.4 is 15.1 Å². The number of fused-ring (bicyclic) bond motifs is 1. The standard InChI is InChI=1S/C30H31FN4O4/c1-19(2)27(29(38)32-22-13-15-23(16-14-22)33(3)4)35(17-20-9-11-21(31)12-10-20)26(36)18-34-25-8-6-5-7-24(25)28(37)30(34)39/h5-16,19,27H,17-18H2,1-4H3,(H,32,38)/t27-/m0/s1. The summed E-state index contributed by atoms with van der Waals surface area (Å²) in [6, 6.07) is 18.5. The Morgan fingerprint density at radius 2 is 1.56 bits per heavy atom. The summed E-state index contributed by atoms with van der Waals surface area (Å²) in [7, 11) is 3.83.